The van der Waals surface area contributed by atoms with Gasteiger partial charge in [-0.1, -0.05) is 44.2 Å². The SMILES string of the molecule is CCC(CC)(CO)CNC(=O)C(C#N)c1ccccc1. The summed E-state index contributed by atoms with van der Waals surface area (Å²) in [6, 6.07) is 11.0. The van der Waals surface area contributed by atoms with Crippen LogP contribution in [0.25, 0.3) is 0 Å². The second-order valence-electron chi connectivity index (χ2n) is 5.06. The lowest BCUT2D eigenvalue weighted by Crippen LogP contribution is -2.41. The fourth-order valence-corrected chi connectivity index (χ4v) is 2.09. The first-order chi connectivity index (χ1) is 9.62. The van der Waals surface area contributed by atoms with Crippen LogP contribution in [0.4, 0.5) is 0 Å². The molecule has 0 heterocycles. The molecule has 0 fully saturated rings. The molecule has 1 atom stereocenters. The van der Waals surface area contributed by atoms with Gasteiger partial charge in [-0.25, -0.2) is 0 Å². The lowest BCUT2D eigenvalue weighted by Gasteiger charge is -2.29. The van der Waals surface area contributed by atoms with Crippen molar-refractivity contribution >= 4 is 5.91 Å². The van der Waals surface area contributed by atoms with E-state index in [1.165, 1.54) is 0 Å². The largest absolute Gasteiger partial charge is 0.396 e. The quantitative estimate of drug-likeness (QED) is 0.800. The Balaban J connectivity index is 2.73. The van der Waals surface area contributed by atoms with E-state index >= 15 is 0 Å². The Morgan fingerprint density at radius 3 is 2.40 bits per heavy atom. The van der Waals surface area contributed by atoms with Crippen molar-refractivity contribution < 1.29 is 9.90 Å². The van der Waals surface area contributed by atoms with Gasteiger partial charge in [0.15, 0.2) is 0 Å². The van der Waals surface area contributed by atoms with Crippen LogP contribution in [0.2, 0.25) is 0 Å². The second-order valence-corrected chi connectivity index (χ2v) is 5.06. The smallest absolute Gasteiger partial charge is 0.241 e. The molecule has 0 aliphatic rings. The number of amides is 1. The Hall–Kier alpha value is -1.86. The van der Waals surface area contributed by atoms with Crippen LogP contribution in [0.1, 0.15) is 38.2 Å². The Labute approximate surface area is 120 Å². The van der Waals surface area contributed by atoms with Crippen molar-refractivity contribution in [1.82, 2.24) is 5.32 Å². The van der Waals surface area contributed by atoms with Gasteiger partial charge in [-0.05, 0) is 18.4 Å². The molecule has 4 heteroatoms. The standard InChI is InChI=1S/C16H22N2O2/c1-3-16(4-2,12-19)11-18-15(20)14(10-17)13-8-6-5-7-9-13/h5-9,14,19H,3-4,11-12H2,1-2H3,(H,18,20). The number of aliphatic hydroxyl groups excluding tert-OH is 1. The van der Waals surface area contributed by atoms with E-state index < -0.39 is 5.92 Å². The van der Waals surface area contributed by atoms with E-state index in [-0.39, 0.29) is 17.9 Å². The van der Waals surface area contributed by atoms with Gasteiger partial charge in [-0.15, -0.1) is 0 Å². The summed E-state index contributed by atoms with van der Waals surface area (Å²) >= 11 is 0. The molecule has 0 aliphatic heterocycles. The maximum absolute atomic E-state index is 12.2. The highest BCUT2D eigenvalue weighted by Gasteiger charge is 2.28. The van der Waals surface area contributed by atoms with Crippen molar-refractivity contribution in [2.24, 2.45) is 5.41 Å². The van der Waals surface area contributed by atoms with Crippen molar-refractivity contribution in [2.75, 3.05) is 13.2 Å². The molecule has 1 rings (SSSR count). The zero-order valence-electron chi connectivity index (χ0n) is 12.1. The molecule has 0 radical (unpaired) electrons. The van der Waals surface area contributed by atoms with Crippen LogP contribution in [0.5, 0.6) is 0 Å². The number of hydrogen-bond acceptors (Lipinski definition) is 3. The van der Waals surface area contributed by atoms with Gasteiger partial charge in [0.05, 0.1) is 12.7 Å². The predicted molar refractivity (Wildman–Crippen MR) is 77.9 cm³/mol. The van der Waals surface area contributed by atoms with Crippen LogP contribution >= 0.6 is 0 Å². The highest BCUT2D eigenvalue weighted by Crippen LogP contribution is 2.25. The van der Waals surface area contributed by atoms with E-state index in [1.807, 2.05) is 38.1 Å². The minimum atomic E-state index is -0.804. The summed E-state index contributed by atoms with van der Waals surface area (Å²) in [6.45, 7) is 4.40. The molecule has 0 saturated heterocycles. The highest BCUT2D eigenvalue weighted by atomic mass is 16.3. The average Bonchev–Trinajstić information content (AvgIpc) is 2.51. The Kier molecular flexibility index (Phi) is 6.20. The first kappa shape index (κ1) is 16.2. The number of carbonyl (C=O) groups excluding carboxylic acids is 1. The molecule has 20 heavy (non-hydrogen) atoms. The average molecular weight is 274 g/mol. The van der Waals surface area contributed by atoms with E-state index in [2.05, 4.69) is 5.32 Å². The minimum absolute atomic E-state index is 0.0306. The molecule has 0 aromatic heterocycles. The third kappa shape index (κ3) is 3.82. The molecule has 108 valence electrons. The lowest BCUT2D eigenvalue weighted by molar-refractivity contribution is -0.122. The number of nitriles is 1. The number of hydrogen-bond donors (Lipinski definition) is 2. The Morgan fingerprint density at radius 1 is 1.35 bits per heavy atom. The summed E-state index contributed by atoms with van der Waals surface area (Å²) < 4.78 is 0. The van der Waals surface area contributed by atoms with Crippen LogP contribution in [0.3, 0.4) is 0 Å². The summed E-state index contributed by atoms with van der Waals surface area (Å²) in [4.78, 5) is 12.2. The van der Waals surface area contributed by atoms with Crippen molar-refractivity contribution in [2.45, 2.75) is 32.6 Å². The maximum Gasteiger partial charge on any atom is 0.241 e. The summed E-state index contributed by atoms with van der Waals surface area (Å²) in [5.41, 5.74) is 0.391. The van der Waals surface area contributed by atoms with Gasteiger partial charge >= 0.3 is 0 Å². The van der Waals surface area contributed by atoms with Crippen LogP contribution in [-0.2, 0) is 4.79 Å². The Morgan fingerprint density at radius 2 is 1.95 bits per heavy atom. The van der Waals surface area contributed by atoms with Crippen LogP contribution in [-0.4, -0.2) is 24.2 Å². The van der Waals surface area contributed by atoms with Crippen molar-refractivity contribution in [3.8, 4) is 6.07 Å². The van der Waals surface area contributed by atoms with E-state index in [0.717, 1.165) is 12.8 Å². The zero-order valence-corrected chi connectivity index (χ0v) is 12.1. The zero-order chi connectivity index (χ0) is 15.0. The third-order valence-electron chi connectivity index (χ3n) is 4.00. The molecule has 0 spiro atoms. The Bertz CT molecular complexity index is 453. The van der Waals surface area contributed by atoms with E-state index in [0.29, 0.717) is 12.1 Å². The van der Waals surface area contributed by atoms with Crippen molar-refractivity contribution in [1.29, 1.82) is 5.26 Å². The molecule has 0 aliphatic carbocycles. The van der Waals surface area contributed by atoms with Gasteiger partial charge in [-0.3, -0.25) is 4.79 Å². The van der Waals surface area contributed by atoms with Crippen molar-refractivity contribution in [3.05, 3.63) is 35.9 Å². The van der Waals surface area contributed by atoms with Gasteiger partial charge in [-0.2, -0.15) is 5.26 Å². The highest BCUT2D eigenvalue weighted by molar-refractivity contribution is 5.86. The summed E-state index contributed by atoms with van der Waals surface area (Å²) in [5.74, 6) is -1.11. The number of carbonyl (C=O) groups is 1. The van der Waals surface area contributed by atoms with E-state index in [1.54, 1.807) is 12.1 Å². The number of benzene rings is 1. The molecule has 1 unspecified atom stereocenters. The molecule has 1 amide bonds. The normalized spacial score (nSPS) is 12.5. The minimum Gasteiger partial charge on any atom is -0.396 e. The van der Waals surface area contributed by atoms with Gasteiger partial charge in [0.1, 0.15) is 5.92 Å². The third-order valence-corrected chi connectivity index (χ3v) is 4.00. The van der Waals surface area contributed by atoms with Crippen LogP contribution < -0.4 is 5.32 Å². The monoisotopic (exact) mass is 274 g/mol. The van der Waals surface area contributed by atoms with Gasteiger partial charge in [0.2, 0.25) is 5.91 Å². The molecule has 0 saturated carbocycles. The van der Waals surface area contributed by atoms with Crippen LogP contribution in [0.15, 0.2) is 30.3 Å². The molecule has 1 aromatic rings. The maximum atomic E-state index is 12.2. The summed E-state index contributed by atoms with van der Waals surface area (Å²) in [7, 11) is 0. The van der Waals surface area contributed by atoms with Gasteiger partial charge < -0.3 is 10.4 Å². The van der Waals surface area contributed by atoms with Crippen molar-refractivity contribution in [3.63, 3.8) is 0 Å². The van der Waals surface area contributed by atoms with E-state index in [9.17, 15) is 15.2 Å². The first-order valence-corrected chi connectivity index (χ1v) is 6.95. The summed E-state index contributed by atoms with van der Waals surface area (Å²) in [5, 5.41) is 21.5. The molecule has 2 N–H and O–H groups in total. The molecular formula is C16H22N2O2. The van der Waals surface area contributed by atoms with Gasteiger partial charge in [0, 0.05) is 12.0 Å². The van der Waals surface area contributed by atoms with Gasteiger partial charge in [0.25, 0.3) is 0 Å². The fraction of sp³-hybridized carbons (Fsp3) is 0.500. The number of aliphatic hydroxyl groups is 1. The second kappa shape index (κ2) is 7.66. The molecule has 1 aromatic carbocycles. The van der Waals surface area contributed by atoms with E-state index in [4.69, 9.17) is 0 Å². The topological polar surface area (TPSA) is 73.1 Å². The van der Waals surface area contributed by atoms with Crippen LogP contribution in [0, 0.1) is 16.7 Å². The first-order valence-electron chi connectivity index (χ1n) is 6.95. The molecular weight excluding hydrogens is 252 g/mol. The number of nitrogens with zero attached hydrogens (tertiary/aromatic N) is 1. The molecule has 0 bridgehead atoms. The molecule has 4 nitrogen and oxygen atoms in total. The fourth-order valence-electron chi connectivity index (χ4n) is 2.09. The predicted octanol–water partition coefficient (Wildman–Crippen LogP) is 2.21. The number of nitrogens with one attached hydrogen (secondary N) is 1. The number of rotatable bonds is 7. The summed E-state index contributed by atoms with van der Waals surface area (Å²) in [6.07, 6.45) is 1.56. The lowest BCUT2D eigenvalue weighted by atomic mass is 9.83.